The zero-order valence-corrected chi connectivity index (χ0v) is 31.5. The van der Waals surface area contributed by atoms with E-state index in [1.165, 1.54) is 0 Å². The number of carboxylic acids is 1. The number of carboxylic acid groups (broad SMARTS) is 1. The molecule has 1 N–H and O–H groups in total. The number of fused-ring (bicyclic) bond motifs is 1. The Morgan fingerprint density at radius 2 is 1.07 bits per heavy atom. The van der Waals surface area contributed by atoms with Gasteiger partial charge in [0.05, 0.1) is 0 Å². The number of carbonyl (C=O) groups excluding carboxylic acids is 1. The average molecular weight is 765 g/mol. The van der Waals surface area contributed by atoms with Crippen molar-refractivity contribution in [3.05, 3.63) is 185 Å². The van der Waals surface area contributed by atoms with Gasteiger partial charge in [-0.05, 0) is 40.8 Å². The summed E-state index contributed by atoms with van der Waals surface area (Å²) < 4.78 is 38.4. The fourth-order valence-corrected chi connectivity index (χ4v) is 6.51. The highest BCUT2D eigenvalue weighted by Gasteiger charge is 2.37. The standard InChI is InChI=1S/C48H44O9/c49-46(50)22-13-23-47(51)56-45-29-40-42(54-32-36-18-9-3-10-19-36)27-39(52-30-34-14-5-1-6-15-34)28-43(40)57-48(45)38-24-25-41(53-31-35-16-7-2-8-17-35)44(26-38)55-33-37-20-11-4-12-21-37/h1-12,14-21,24-28,45,48H,13,22-23,29-33H2,(H,49,50)/t45-,48+/m0/s1. The first-order valence-corrected chi connectivity index (χ1v) is 19.0. The van der Waals surface area contributed by atoms with Gasteiger partial charge in [-0.25, -0.2) is 0 Å². The molecule has 0 aliphatic carbocycles. The van der Waals surface area contributed by atoms with Crippen molar-refractivity contribution in [1.82, 2.24) is 0 Å². The number of carbonyl (C=O) groups is 2. The van der Waals surface area contributed by atoms with Crippen LogP contribution in [0.15, 0.2) is 152 Å². The highest BCUT2D eigenvalue weighted by atomic mass is 16.6. The van der Waals surface area contributed by atoms with E-state index in [0.29, 0.717) is 60.7 Å². The molecule has 1 heterocycles. The molecule has 1 aliphatic rings. The number of hydrogen-bond donors (Lipinski definition) is 1. The Bertz CT molecular complexity index is 2210. The minimum atomic E-state index is -0.973. The van der Waals surface area contributed by atoms with Crippen molar-refractivity contribution in [3.63, 3.8) is 0 Å². The first-order valence-electron chi connectivity index (χ1n) is 19.0. The molecule has 7 rings (SSSR count). The molecule has 0 fully saturated rings. The van der Waals surface area contributed by atoms with Gasteiger partial charge >= 0.3 is 11.9 Å². The van der Waals surface area contributed by atoms with E-state index in [2.05, 4.69) is 0 Å². The number of aliphatic carboxylic acids is 1. The Morgan fingerprint density at radius 1 is 0.561 bits per heavy atom. The Morgan fingerprint density at radius 3 is 1.61 bits per heavy atom. The van der Waals surface area contributed by atoms with Gasteiger partial charge in [0, 0.05) is 42.5 Å². The second kappa shape index (κ2) is 19.2. The third-order valence-electron chi connectivity index (χ3n) is 9.45. The van der Waals surface area contributed by atoms with Crippen molar-refractivity contribution >= 4 is 11.9 Å². The summed E-state index contributed by atoms with van der Waals surface area (Å²) in [5.41, 5.74) is 5.40. The molecule has 6 aromatic carbocycles. The van der Waals surface area contributed by atoms with Crippen LogP contribution in [0.25, 0.3) is 0 Å². The maximum Gasteiger partial charge on any atom is 0.306 e. The van der Waals surface area contributed by atoms with Crippen LogP contribution in [0, 0.1) is 0 Å². The van der Waals surface area contributed by atoms with E-state index in [-0.39, 0.29) is 25.7 Å². The monoisotopic (exact) mass is 764 g/mol. The minimum absolute atomic E-state index is 0.0519. The van der Waals surface area contributed by atoms with Crippen molar-refractivity contribution in [2.24, 2.45) is 0 Å². The SMILES string of the molecule is O=C(O)CCCC(=O)O[C@H]1Cc2c(OCc3ccccc3)cc(OCc3ccccc3)cc2O[C@@H]1c1ccc(OCc2ccccc2)c(OCc2ccccc2)c1. The summed E-state index contributed by atoms with van der Waals surface area (Å²) in [5.74, 6) is 1.18. The highest BCUT2D eigenvalue weighted by molar-refractivity contribution is 5.72. The lowest BCUT2D eigenvalue weighted by Gasteiger charge is -2.35. The number of benzene rings is 6. The summed E-state index contributed by atoms with van der Waals surface area (Å²) in [6.07, 6.45) is -1.33. The number of esters is 1. The Labute approximate surface area is 332 Å². The molecular weight excluding hydrogens is 721 g/mol. The van der Waals surface area contributed by atoms with Crippen LogP contribution in [0.2, 0.25) is 0 Å². The summed E-state index contributed by atoms with van der Waals surface area (Å²) in [7, 11) is 0. The average Bonchev–Trinajstić information content (AvgIpc) is 3.24. The van der Waals surface area contributed by atoms with Crippen molar-refractivity contribution in [3.8, 4) is 28.7 Å². The van der Waals surface area contributed by atoms with E-state index in [9.17, 15) is 14.7 Å². The summed E-state index contributed by atoms with van der Waals surface area (Å²) in [5, 5.41) is 9.19. The lowest BCUT2D eigenvalue weighted by molar-refractivity contribution is -0.155. The normalized spacial score (nSPS) is 14.4. The van der Waals surface area contributed by atoms with Gasteiger partial charge in [0.15, 0.2) is 17.6 Å². The topological polar surface area (TPSA) is 110 Å². The van der Waals surface area contributed by atoms with Crippen molar-refractivity contribution in [2.75, 3.05) is 0 Å². The van der Waals surface area contributed by atoms with E-state index < -0.39 is 24.1 Å². The van der Waals surface area contributed by atoms with Crippen LogP contribution in [-0.4, -0.2) is 23.1 Å². The van der Waals surface area contributed by atoms with Crippen LogP contribution >= 0.6 is 0 Å². The molecule has 290 valence electrons. The molecule has 0 unspecified atom stereocenters. The molecule has 57 heavy (non-hydrogen) atoms. The lowest BCUT2D eigenvalue weighted by atomic mass is 9.93. The third kappa shape index (κ3) is 10.9. The maximum absolute atomic E-state index is 13.3. The predicted octanol–water partition coefficient (Wildman–Crippen LogP) is 9.85. The van der Waals surface area contributed by atoms with Crippen LogP contribution in [0.4, 0.5) is 0 Å². The van der Waals surface area contributed by atoms with Crippen LogP contribution in [0.5, 0.6) is 28.7 Å². The fraction of sp³-hybridized carbons (Fsp3) is 0.208. The van der Waals surface area contributed by atoms with Gasteiger partial charge in [0.1, 0.15) is 49.8 Å². The summed E-state index contributed by atoms with van der Waals surface area (Å²) in [6, 6.07) is 48.7. The van der Waals surface area contributed by atoms with E-state index in [0.717, 1.165) is 27.8 Å². The smallest absolute Gasteiger partial charge is 0.306 e. The molecule has 0 radical (unpaired) electrons. The second-order valence-corrected chi connectivity index (χ2v) is 13.7. The first kappa shape index (κ1) is 38.5. The van der Waals surface area contributed by atoms with Crippen LogP contribution in [-0.2, 0) is 47.2 Å². The van der Waals surface area contributed by atoms with Crippen LogP contribution in [0.3, 0.4) is 0 Å². The second-order valence-electron chi connectivity index (χ2n) is 13.7. The number of ether oxygens (including phenoxy) is 6. The molecule has 0 spiro atoms. The van der Waals surface area contributed by atoms with Gasteiger partial charge in [0.2, 0.25) is 0 Å². The molecule has 0 aromatic heterocycles. The van der Waals surface area contributed by atoms with Crippen molar-refractivity contribution < 1.29 is 43.1 Å². The van der Waals surface area contributed by atoms with Gasteiger partial charge in [-0.2, -0.15) is 0 Å². The van der Waals surface area contributed by atoms with Gasteiger partial charge in [-0.1, -0.05) is 127 Å². The molecule has 6 aromatic rings. The highest BCUT2D eigenvalue weighted by Crippen LogP contribution is 2.45. The quantitative estimate of drug-likeness (QED) is 0.0856. The van der Waals surface area contributed by atoms with E-state index in [1.807, 2.05) is 152 Å². The molecule has 0 saturated heterocycles. The Hall–Kier alpha value is -6.74. The first-order chi connectivity index (χ1) is 28.0. The van der Waals surface area contributed by atoms with Crippen molar-refractivity contribution in [2.45, 2.75) is 64.3 Å². The molecular formula is C48H44O9. The summed E-state index contributed by atoms with van der Waals surface area (Å²) in [6.45, 7) is 1.27. The number of rotatable bonds is 18. The maximum atomic E-state index is 13.3. The van der Waals surface area contributed by atoms with E-state index in [1.54, 1.807) is 0 Å². The zero-order valence-electron chi connectivity index (χ0n) is 31.5. The molecule has 9 heteroatoms. The van der Waals surface area contributed by atoms with Gasteiger partial charge in [-0.15, -0.1) is 0 Å². The van der Waals surface area contributed by atoms with E-state index in [4.69, 9.17) is 28.4 Å². The lowest BCUT2D eigenvalue weighted by Crippen LogP contribution is -2.35. The van der Waals surface area contributed by atoms with Gasteiger partial charge < -0.3 is 33.5 Å². The number of hydrogen-bond acceptors (Lipinski definition) is 8. The molecule has 0 bridgehead atoms. The molecule has 2 atom stereocenters. The summed E-state index contributed by atoms with van der Waals surface area (Å²) in [4.78, 5) is 24.5. The molecule has 0 amide bonds. The van der Waals surface area contributed by atoms with E-state index >= 15 is 0 Å². The Kier molecular flexibility index (Phi) is 13.0. The van der Waals surface area contributed by atoms with Crippen LogP contribution < -0.4 is 23.7 Å². The van der Waals surface area contributed by atoms with Gasteiger partial charge in [0.25, 0.3) is 0 Å². The third-order valence-corrected chi connectivity index (χ3v) is 9.45. The fourth-order valence-electron chi connectivity index (χ4n) is 6.51. The zero-order chi connectivity index (χ0) is 39.2. The minimum Gasteiger partial charge on any atom is -0.489 e. The summed E-state index contributed by atoms with van der Waals surface area (Å²) >= 11 is 0. The van der Waals surface area contributed by atoms with Crippen LogP contribution in [0.1, 0.15) is 58.7 Å². The Balaban J connectivity index is 1.23. The molecule has 1 aliphatic heterocycles. The molecule has 9 nitrogen and oxygen atoms in total. The predicted molar refractivity (Wildman–Crippen MR) is 214 cm³/mol. The van der Waals surface area contributed by atoms with Gasteiger partial charge in [-0.3, -0.25) is 9.59 Å². The van der Waals surface area contributed by atoms with Crippen molar-refractivity contribution in [1.29, 1.82) is 0 Å². The molecule has 0 saturated carbocycles. The largest absolute Gasteiger partial charge is 0.489 e.